The van der Waals surface area contributed by atoms with E-state index in [0.717, 1.165) is 17.0 Å². The second-order valence-electron chi connectivity index (χ2n) is 8.74. The van der Waals surface area contributed by atoms with Crippen LogP contribution in [-0.2, 0) is 14.3 Å². The summed E-state index contributed by atoms with van der Waals surface area (Å²) in [7, 11) is 0. The Kier molecular flexibility index (Phi) is 6.27. The van der Waals surface area contributed by atoms with E-state index in [1.54, 1.807) is 13.2 Å². The number of carbonyl (C=O) groups excluding carboxylic acids is 2. The number of benzene rings is 2. The highest BCUT2D eigenvalue weighted by molar-refractivity contribution is 6.04. The summed E-state index contributed by atoms with van der Waals surface area (Å²) >= 11 is 0. The maximum atomic E-state index is 13.6. The van der Waals surface area contributed by atoms with Crippen LogP contribution in [0.4, 0.5) is 0 Å². The summed E-state index contributed by atoms with van der Waals surface area (Å²) < 4.78 is 17.1. The predicted molar refractivity (Wildman–Crippen MR) is 131 cm³/mol. The number of hydrogen-bond acceptors (Lipinski definition) is 6. The number of nitrogens with one attached hydrogen (secondary N) is 1. The molecule has 2 heterocycles. The third-order valence-corrected chi connectivity index (χ3v) is 6.44. The fourth-order valence-corrected chi connectivity index (χ4v) is 4.96. The number of rotatable bonds is 6. The van der Waals surface area contributed by atoms with Crippen molar-refractivity contribution in [3.63, 3.8) is 0 Å². The molecule has 0 saturated carbocycles. The first-order valence-corrected chi connectivity index (χ1v) is 11.8. The lowest BCUT2D eigenvalue weighted by Crippen LogP contribution is -2.36. The van der Waals surface area contributed by atoms with Crippen LogP contribution in [0.3, 0.4) is 0 Å². The van der Waals surface area contributed by atoms with Crippen molar-refractivity contribution in [3.8, 4) is 11.5 Å². The molecule has 3 aromatic rings. The fraction of sp³-hybridized carbons (Fsp3) is 0.241. The van der Waals surface area contributed by atoms with E-state index < -0.39 is 11.9 Å². The molecule has 5 rings (SSSR count). The largest absolute Gasteiger partial charge is 0.469 e. The fourth-order valence-electron chi connectivity index (χ4n) is 4.96. The molecule has 2 atom stereocenters. The zero-order chi connectivity index (χ0) is 24.4. The molecule has 1 aromatic heterocycles. The molecule has 0 unspecified atom stereocenters. The van der Waals surface area contributed by atoms with Crippen molar-refractivity contribution < 1.29 is 23.5 Å². The summed E-state index contributed by atoms with van der Waals surface area (Å²) in [6.45, 7) is 3.88. The minimum Gasteiger partial charge on any atom is -0.469 e. The van der Waals surface area contributed by atoms with Crippen LogP contribution in [0.2, 0.25) is 0 Å². The second kappa shape index (κ2) is 9.66. The van der Waals surface area contributed by atoms with Gasteiger partial charge in [-0.25, -0.2) is 4.79 Å². The SMILES string of the molecule is CCOC(=O)C1=C(C)NC2=C(C(=O)C[C@H](c3ccco3)C2)[C@@H]1c1cccc(Oc2ccccc2)c1. The molecule has 2 aliphatic rings. The molecular formula is C29H27NO5. The summed E-state index contributed by atoms with van der Waals surface area (Å²) in [6, 6.07) is 20.8. The number of furan rings is 1. The van der Waals surface area contributed by atoms with Crippen molar-refractivity contribution in [2.24, 2.45) is 0 Å². The lowest BCUT2D eigenvalue weighted by molar-refractivity contribution is -0.138. The van der Waals surface area contributed by atoms with Crippen LogP contribution >= 0.6 is 0 Å². The van der Waals surface area contributed by atoms with Crippen LogP contribution in [0.25, 0.3) is 0 Å². The summed E-state index contributed by atoms with van der Waals surface area (Å²) in [5, 5.41) is 3.35. The molecule has 6 heteroatoms. The van der Waals surface area contributed by atoms with Crippen molar-refractivity contribution in [2.45, 2.75) is 38.5 Å². The molecule has 0 fully saturated rings. The highest BCUT2D eigenvalue weighted by Crippen LogP contribution is 2.46. The Morgan fingerprint density at radius 3 is 2.57 bits per heavy atom. The Bertz CT molecular complexity index is 1300. The molecule has 178 valence electrons. The Labute approximate surface area is 204 Å². The van der Waals surface area contributed by atoms with Gasteiger partial charge in [-0.05, 0) is 62.2 Å². The van der Waals surface area contributed by atoms with E-state index in [0.29, 0.717) is 41.2 Å². The Morgan fingerprint density at radius 2 is 1.83 bits per heavy atom. The van der Waals surface area contributed by atoms with E-state index in [1.165, 1.54) is 0 Å². The average molecular weight is 470 g/mol. The number of Topliss-reactive ketones (excluding diaryl/α,β-unsaturated/α-hetero) is 1. The monoisotopic (exact) mass is 469 g/mol. The maximum absolute atomic E-state index is 13.6. The van der Waals surface area contributed by atoms with Crippen molar-refractivity contribution in [3.05, 3.63) is 107 Å². The summed E-state index contributed by atoms with van der Waals surface area (Å²) in [6.07, 6.45) is 2.57. The van der Waals surface area contributed by atoms with Crippen molar-refractivity contribution >= 4 is 11.8 Å². The van der Waals surface area contributed by atoms with Crippen LogP contribution in [0.1, 0.15) is 49.8 Å². The summed E-state index contributed by atoms with van der Waals surface area (Å²) in [5.74, 6) is 1.11. The van der Waals surface area contributed by atoms with Gasteiger partial charge in [0.05, 0.1) is 18.4 Å². The topological polar surface area (TPSA) is 77.8 Å². The number of esters is 1. The first-order chi connectivity index (χ1) is 17.0. The van der Waals surface area contributed by atoms with Gasteiger partial charge in [-0.1, -0.05) is 30.3 Å². The Balaban J connectivity index is 1.57. The Hall–Kier alpha value is -4.06. The quantitative estimate of drug-likeness (QED) is 0.447. The van der Waals surface area contributed by atoms with Gasteiger partial charge >= 0.3 is 5.97 Å². The molecule has 1 aliphatic carbocycles. The van der Waals surface area contributed by atoms with Gasteiger partial charge in [0.1, 0.15) is 17.3 Å². The van der Waals surface area contributed by atoms with Gasteiger partial charge in [-0.2, -0.15) is 0 Å². The number of para-hydroxylation sites is 1. The minimum absolute atomic E-state index is 0.00571. The predicted octanol–water partition coefficient (Wildman–Crippen LogP) is 6.00. The number of hydrogen-bond donors (Lipinski definition) is 1. The van der Waals surface area contributed by atoms with Gasteiger partial charge in [0.15, 0.2) is 5.78 Å². The average Bonchev–Trinajstić information content (AvgIpc) is 3.39. The van der Waals surface area contributed by atoms with Crippen LogP contribution in [-0.4, -0.2) is 18.4 Å². The molecule has 6 nitrogen and oxygen atoms in total. The van der Waals surface area contributed by atoms with Crippen LogP contribution in [0.5, 0.6) is 11.5 Å². The van der Waals surface area contributed by atoms with Gasteiger partial charge in [-0.3, -0.25) is 4.79 Å². The number of ether oxygens (including phenoxy) is 2. The third-order valence-electron chi connectivity index (χ3n) is 6.44. The number of dihydropyridines is 1. The molecule has 0 amide bonds. The molecular weight excluding hydrogens is 442 g/mol. The van der Waals surface area contributed by atoms with E-state index in [-0.39, 0.29) is 18.3 Å². The normalized spacial score (nSPS) is 19.8. The lowest BCUT2D eigenvalue weighted by Gasteiger charge is -2.36. The number of allylic oxidation sites excluding steroid dienone is 3. The number of ketones is 1. The van der Waals surface area contributed by atoms with Gasteiger partial charge in [0.25, 0.3) is 0 Å². The first-order valence-electron chi connectivity index (χ1n) is 11.8. The van der Waals surface area contributed by atoms with Crippen LogP contribution in [0.15, 0.2) is 100.0 Å². The molecule has 0 saturated heterocycles. The van der Waals surface area contributed by atoms with E-state index in [4.69, 9.17) is 13.9 Å². The van der Waals surface area contributed by atoms with E-state index in [1.807, 2.05) is 73.7 Å². The van der Waals surface area contributed by atoms with Gasteiger partial charge < -0.3 is 19.2 Å². The molecule has 35 heavy (non-hydrogen) atoms. The smallest absolute Gasteiger partial charge is 0.336 e. The summed E-state index contributed by atoms with van der Waals surface area (Å²) in [4.78, 5) is 26.7. The molecule has 0 spiro atoms. The van der Waals surface area contributed by atoms with Gasteiger partial charge in [0.2, 0.25) is 0 Å². The molecule has 2 aromatic carbocycles. The van der Waals surface area contributed by atoms with E-state index in [9.17, 15) is 9.59 Å². The zero-order valence-corrected chi connectivity index (χ0v) is 19.7. The van der Waals surface area contributed by atoms with Gasteiger partial charge in [0, 0.05) is 35.2 Å². The number of carbonyl (C=O) groups is 2. The molecule has 0 bridgehead atoms. The molecule has 1 aliphatic heterocycles. The minimum atomic E-state index is -0.547. The Morgan fingerprint density at radius 1 is 1.03 bits per heavy atom. The highest BCUT2D eigenvalue weighted by Gasteiger charge is 2.42. The van der Waals surface area contributed by atoms with Crippen molar-refractivity contribution in [2.75, 3.05) is 6.61 Å². The van der Waals surface area contributed by atoms with Crippen molar-refractivity contribution in [1.29, 1.82) is 0 Å². The standard InChI is InChI=1S/C29H27NO5/c1-3-33-29(32)26-18(2)30-23-16-20(25-13-8-14-34-25)17-24(31)28(23)27(26)19-9-7-12-22(15-19)35-21-10-5-4-6-11-21/h4-15,20,27,30H,3,16-17H2,1-2H3/t20-,27-/m1/s1. The highest BCUT2D eigenvalue weighted by atomic mass is 16.5. The third kappa shape index (κ3) is 4.52. The molecule has 0 radical (unpaired) electrons. The lowest BCUT2D eigenvalue weighted by atomic mass is 9.72. The first kappa shape index (κ1) is 22.7. The van der Waals surface area contributed by atoms with E-state index >= 15 is 0 Å². The van der Waals surface area contributed by atoms with Crippen molar-refractivity contribution in [1.82, 2.24) is 5.32 Å². The zero-order valence-electron chi connectivity index (χ0n) is 19.7. The maximum Gasteiger partial charge on any atom is 0.336 e. The van der Waals surface area contributed by atoms with E-state index in [2.05, 4.69) is 5.32 Å². The molecule has 1 N–H and O–H groups in total. The van der Waals surface area contributed by atoms with Gasteiger partial charge in [-0.15, -0.1) is 0 Å². The second-order valence-corrected chi connectivity index (χ2v) is 8.74. The van der Waals surface area contributed by atoms with Crippen LogP contribution in [0, 0.1) is 0 Å². The summed E-state index contributed by atoms with van der Waals surface area (Å²) in [5.41, 5.74) is 3.38. The van der Waals surface area contributed by atoms with Crippen LogP contribution < -0.4 is 10.1 Å².